The fourth-order valence-corrected chi connectivity index (χ4v) is 2.47. The number of benzene rings is 1. The van der Waals surface area contributed by atoms with E-state index in [0.29, 0.717) is 6.54 Å². The predicted molar refractivity (Wildman–Crippen MR) is 75.4 cm³/mol. The molecule has 1 amide bonds. The van der Waals surface area contributed by atoms with Crippen LogP contribution in [0.2, 0.25) is 0 Å². The van der Waals surface area contributed by atoms with Gasteiger partial charge in [-0.3, -0.25) is 10.2 Å². The lowest BCUT2D eigenvalue weighted by Crippen LogP contribution is -2.41. The molecule has 5 heteroatoms. The molecule has 1 aliphatic rings. The molecule has 1 heterocycles. The van der Waals surface area contributed by atoms with Crippen molar-refractivity contribution >= 4 is 5.91 Å². The molecule has 1 aliphatic heterocycles. The average Bonchev–Trinajstić information content (AvgIpc) is 2.73. The lowest BCUT2D eigenvalue weighted by Gasteiger charge is -2.25. The Morgan fingerprint density at radius 1 is 1.32 bits per heavy atom. The summed E-state index contributed by atoms with van der Waals surface area (Å²) >= 11 is 0. The maximum atomic E-state index is 12.0. The van der Waals surface area contributed by atoms with Gasteiger partial charge in [-0.15, -0.1) is 0 Å². The molecule has 1 atom stereocenters. The first-order valence-corrected chi connectivity index (χ1v) is 6.79. The van der Waals surface area contributed by atoms with Crippen molar-refractivity contribution in [2.75, 3.05) is 32.7 Å². The summed E-state index contributed by atoms with van der Waals surface area (Å²) in [6.07, 6.45) is 1.12. The van der Waals surface area contributed by atoms with Crippen LogP contribution in [0.4, 0.5) is 0 Å². The summed E-state index contributed by atoms with van der Waals surface area (Å²) in [6.45, 7) is 4.74. The van der Waals surface area contributed by atoms with E-state index in [2.05, 4.69) is 15.6 Å². The van der Waals surface area contributed by atoms with E-state index in [-0.39, 0.29) is 11.8 Å². The molecule has 0 radical (unpaired) electrons. The Labute approximate surface area is 114 Å². The Hall–Kier alpha value is -1.43. The minimum Gasteiger partial charge on any atom is -0.315 e. The second kappa shape index (κ2) is 7.23. The molecule has 1 aromatic rings. The second-order valence-corrected chi connectivity index (χ2v) is 4.88. The van der Waals surface area contributed by atoms with Crippen LogP contribution in [0, 0.1) is 0 Å². The molecular formula is C14H22N4O. The van der Waals surface area contributed by atoms with Crippen molar-refractivity contribution in [2.45, 2.75) is 12.3 Å². The fourth-order valence-electron chi connectivity index (χ4n) is 2.47. The Morgan fingerprint density at radius 2 is 2.11 bits per heavy atom. The topological polar surface area (TPSA) is 70.4 Å². The maximum Gasteiger partial charge on any atom is 0.242 e. The third-order valence-electron chi connectivity index (χ3n) is 3.53. The lowest BCUT2D eigenvalue weighted by atomic mass is 9.97. The number of amides is 1. The third-order valence-corrected chi connectivity index (χ3v) is 3.53. The number of rotatable bonds is 4. The number of hydrogen-bond donors (Lipinski definition) is 3. The molecule has 0 spiro atoms. The van der Waals surface area contributed by atoms with Gasteiger partial charge in [-0.2, -0.15) is 0 Å². The summed E-state index contributed by atoms with van der Waals surface area (Å²) in [5.41, 5.74) is 3.30. The van der Waals surface area contributed by atoms with E-state index in [4.69, 9.17) is 5.84 Å². The third kappa shape index (κ3) is 4.02. The van der Waals surface area contributed by atoms with Crippen LogP contribution >= 0.6 is 0 Å². The summed E-state index contributed by atoms with van der Waals surface area (Å²) in [6, 6.07) is 9.83. The van der Waals surface area contributed by atoms with Crippen molar-refractivity contribution in [1.29, 1.82) is 0 Å². The number of nitrogens with two attached hydrogens (primary N) is 1. The number of carbonyl (C=O) groups excluding carboxylic acids is 1. The normalized spacial score (nSPS) is 18.6. The van der Waals surface area contributed by atoms with Gasteiger partial charge in [0, 0.05) is 19.6 Å². The molecule has 0 aliphatic carbocycles. The van der Waals surface area contributed by atoms with Crippen LogP contribution in [0.1, 0.15) is 17.9 Å². The molecule has 5 nitrogen and oxygen atoms in total. The van der Waals surface area contributed by atoms with Crippen molar-refractivity contribution in [3.05, 3.63) is 35.9 Å². The molecule has 1 saturated heterocycles. The van der Waals surface area contributed by atoms with Gasteiger partial charge in [0.05, 0.1) is 5.92 Å². The van der Waals surface area contributed by atoms with Gasteiger partial charge in [-0.25, -0.2) is 5.84 Å². The average molecular weight is 262 g/mol. The molecule has 1 fully saturated rings. The number of hydrazine groups is 1. The predicted octanol–water partition coefficient (Wildman–Crippen LogP) is 0.0554. The molecule has 0 bridgehead atoms. The SMILES string of the molecule is NNC(=O)C(CN1CCCNCC1)c1ccccc1. The van der Waals surface area contributed by atoms with Crippen LogP contribution < -0.4 is 16.6 Å². The Balaban J connectivity index is 2.07. The largest absolute Gasteiger partial charge is 0.315 e. The van der Waals surface area contributed by atoms with Crippen molar-refractivity contribution < 1.29 is 4.79 Å². The zero-order valence-electron chi connectivity index (χ0n) is 11.1. The van der Waals surface area contributed by atoms with Gasteiger partial charge in [-0.1, -0.05) is 30.3 Å². The molecule has 104 valence electrons. The van der Waals surface area contributed by atoms with Crippen molar-refractivity contribution in [2.24, 2.45) is 5.84 Å². The van der Waals surface area contributed by atoms with E-state index >= 15 is 0 Å². The van der Waals surface area contributed by atoms with Gasteiger partial charge in [0.25, 0.3) is 0 Å². The van der Waals surface area contributed by atoms with Crippen molar-refractivity contribution in [1.82, 2.24) is 15.6 Å². The van der Waals surface area contributed by atoms with Crippen molar-refractivity contribution in [3.63, 3.8) is 0 Å². The molecule has 2 rings (SSSR count). The highest BCUT2D eigenvalue weighted by atomic mass is 16.2. The van der Waals surface area contributed by atoms with Gasteiger partial charge < -0.3 is 10.2 Å². The van der Waals surface area contributed by atoms with Gasteiger partial charge in [0.15, 0.2) is 0 Å². The number of carbonyl (C=O) groups is 1. The summed E-state index contributed by atoms with van der Waals surface area (Å²) in [7, 11) is 0. The molecule has 0 aromatic heterocycles. The maximum absolute atomic E-state index is 12.0. The van der Waals surface area contributed by atoms with Crippen LogP contribution in [-0.4, -0.2) is 43.5 Å². The standard InChI is InChI=1S/C14H22N4O/c15-17-14(19)13(12-5-2-1-3-6-12)11-18-9-4-7-16-8-10-18/h1-3,5-6,13,16H,4,7-11,15H2,(H,17,19). The van der Waals surface area contributed by atoms with Crippen LogP contribution in [-0.2, 0) is 4.79 Å². The van der Waals surface area contributed by atoms with E-state index in [1.807, 2.05) is 30.3 Å². The molecule has 4 N–H and O–H groups in total. The number of nitrogens with one attached hydrogen (secondary N) is 2. The van der Waals surface area contributed by atoms with Gasteiger partial charge in [-0.05, 0) is 25.1 Å². The highest BCUT2D eigenvalue weighted by Crippen LogP contribution is 2.17. The summed E-state index contributed by atoms with van der Waals surface area (Å²) in [5.74, 6) is 4.99. The molecule has 1 unspecified atom stereocenters. The quantitative estimate of drug-likeness (QED) is 0.407. The molecular weight excluding hydrogens is 240 g/mol. The van der Waals surface area contributed by atoms with E-state index in [0.717, 1.165) is 38.2 Å². The molecule has 19 heavy (non-hydrogen) atoms. The van der Waals surface area contributed by atoms with E-state index < -0.39 is 0 Å². The zero-order valence-corrected chi connectivity index (χ0v) is 11.1. The first kappa shape index (κ1) is 14.0. The summed E-state index contributed by atoms with van der Waals surface area (Å²) in [5, 5.41) is 3.37. The minimum atomic E-state index is -0.204. The smallest absolute Gasteiger partial charge is 0.242 e. The van der Waals surface area contributed by atoms with E-state index in [1.54, 1.807) is 0 Å². The van der Waals surface area contributed by atoms with Gasteiger partial charge >= 0.3 is 0 Å². The Bertz CT molecular complexity index is 388. The van der Waals surface area contributed by atoms with Crippen LogP contribution in [0.5, 0.6) is 0 Å². The lowest BCUT2D eigenvalue weighted by molar-refractivity contribution is -0.123. The highest BCUT2D eigenvalue weighted by molar-refractivity contribution is 5.83. The fraction of sp³-hybridized carbons (Fsp3) is 0.500. The molecule has 0 saturated carbocycles. The molecule has 1 aromatic carbocycles. The number of hydrogen-bond acceptors (Lipinski definition) is 4. The van der Waals surface area contributed by atoms with E-state index in [1.165, 1.54) is 0 Å². The minimum absolute atomic E-state index is 0.122. The summed E-state index contributed by atoms with van der Waals surface area (Å²) in [4.78, 5) is 14.3. The van der Waals surface area contributed by atoms with Gasteiger partial charge in [0.2, 0.25) is 5.91 Å². The van der Waals surface area contributed by atoms with Crippen LogP contribution in [0.3, 0.4) is 0 Å². The first-order chi connectivity index (χ1) is 9.31. The van der Waals surface area contributed by atoms with Crippen molar-refractivity contribution in [3.8, 4) is 0 Å². The monoisotopic (exact) mass is 262 g/mol. The van der Waals surface area contributed by atoms with E-state index in [9.17, 15) is 4.79 Å². The Kier molecular flexibility index (Phi) is 5.32. The summed E-state index contributed by atoms with van der Waals surface area (Å²) < 4.78 is 0. The van der Waals surface area contributed by atoms with Crippen LogP contribution in [0.15, 0.2) is 30.3 Å². The van der Waals surface area contributed by atoms with Crippen LogP contribution in [0.25, 0.3) is 0 Å². The van der Waals surface area contributed by atoms with Gasteiger partial charge in [0.1, 0.15) is 0 Å². The second-order valence-electron chi connectivity index (χ2n) is 4.88. The highest BCUT2D eigenvalue weighted by Gasteiger charge is 2.23. The zero-order chi connectivity index (χ0) is 13.5. The Morgan fingerprint density at radius 3 is 2.84 bits per heavy atom. The first-order valence-electron chi connectivity index (χ1n) is 6.79. The number of nitrogens with zero attached hydrogens (tertiary/aromatic N) is 1.